The Bertz CT molecular complexity index is 541. The average Bonchev–Trinajstić information content (AvgIpc) is 3.14. The molecule has 0 bridgehead atoms. The molecule has 1 saturated carbocycles. The van der Waals surface area contributed by atoms with Crippen LogP contribution in [0.15, 0.2) is 16.6 Å². The summed E-state index contributed by atoms with van der Waals surface area (Å²) in [4.78, 5) is 22.6. The van der Waals surface area contributed by atoms with Crippen LogP contribution >= 0.6 is 15.9 Å². The second-order valence-electron chi connectivity index (χ2n) is 4.50. The molecule has 0 spiro atoms. The van der Waals surface area contributed by atoms with E-state index in [1.54, 1.807) is 0 Å². The molecular formula is C12H11BrF2N2O3. The maximum absolute atomic E-state index is 13.5. The van der Waals surface area contributed by atoms with E-state index in [1.807, 2.05) is 5.32 Å². The van der Waals surface area contributed by atoms with Crippen LogP contribution in [0.2, 0.25) is 0 Å². The van der Waals surface area contributed by atoms with Crippen LogP contribution in [0.3, 0.4) is 0 Å². The van der Waals surface area contributed by atoms with Crippen molar-refractivity contribution in [2.24, 2.45) is 5.92 Å². The van der Waals surface area contributed by atoms with Crippen molar-refractivity contribution in [3.05, 3.63) is 28.2 Å². The molecule has 0 aromatic heterocycles. The second-order valence-corrected chi connectivity index (χ2v) is 5.41. The first-order valence-electron chi connectivity index (χ1n) is 5.83. The largest absolute Gasteiger partial charge is 0.480 e. The molecule has 1 aromatic rings. The molecule has 5 nitrogen and oxygen atoms in total. The van der Waals surface area contributed by atoms with E-state index in [4.69, 9.17) is 5.11 Å². The summed E-state index contributed by atoms with van der Waals surface area (Å²) in [5.41, 5.74) is -0.620. The maximum atomic E-state index is 13.5. The first-order valence-corrected chi connectivity index (χ1v) is 6.62. The highest BCUT2D eigenvalue weighted by Gasteiger charge is 2.37. The van der Waals surface area contributed by atoms with Gasteiger partial charge in [0.15, 0.2) is 11.6 Å². The van der Waals surface area contributed by atoms with E-state index in [1.165, 1.54) is 0 Å². The number of hydrogen-bond acceptors (Lipinski definition) is 2. The molecule has 0 heterocycles. The number of urea groups is 1. The standard InChI is InChI=1S/C12H11BrF2N2O3/c13-6-3-7(14)10(8(15)4-6)17-12(20)16-9(11(18)19)5-1-2-5/h3-5,9H,1-2H2,(H,18,19)(H2,16,17,20). The number of nitrogens with one attached hydrogen (secondary N) is 2. The Morgan fingerprint density at radius 1 is 1.30 bits per heavy atom. The zero-order valence-corrected chi connectivity index (χ0v) is 11.7. The Balaban J connectivity index is 2.06. The number of amides is 2. The molecule has 2 amide bonds. The Morgan fingerprint density at radius 3 is 2.30 bits per heavy atom. The van der Waals surface area contributed by atoms with Gasteiger partial charge in [0, 0.05) is 4.47 Å². The highest BCUT2D eigenvalue weighted by atomic mass is 79.9. The molecule has 0 radical (unpaired) electrons. The lowest BCUT2D eigenvalue weighted by Crippen LogP contribution is -2.44. The van der Waals surface area contributed by atoms with Crippen molar-refractivity contribution in [1.82, 2.24) is 5.32 Å². The van der Waals surface area contributed by atoms with Crippen molar-refractivity contribution in [1.29, 1.82) is 0 Å². The zero-order valence-electron chi connectivity index (χ0n) is 10.1. The van der Waals surface area contributed by atoms with Crippen LogP contribution < -0.4 is 10.6 Å². The number of halogens is 3. The van der Waals surface area contributed by atoms with Gasteiger partial charge in [0.25, 0.3) is 0 Å². The van der Waals surface area contributed by atoms with Gasteiger partial charge in [-0.25, -0.2) is 18.4 Å². The number of anilines is 1. The lowest BCUT2D eigenvalue weighted by atomic mass is 10.2. The van der Waals surface area contributed by atoms with E-state index in [0.29, 0.717) is 12.8 Å². The molecule has 1 unspecified atom stereocenters. The summed E-state index contributed by atoms with van der Waals surface area (Å²) in [5.74, 6) is -3.20. The molecule has 2 rings (SSSR count). The zero-order chi connectivity index (χ0) is 14.9. The quantitative estimate of drug-likeness (QED) is 0.782. The third-order valence-corrected chi connectivity index (χ3v) is 3.35. The Hall–Kier alpha value is -1.70. The van der Waals surface area contributed by atoms with E-state index < -0.39 is 35.4 Å². The van der Waals surface area contributed by atoms with Crippen LogP contribution in [0.25, 0.3) is 0 Å². The van der Waals surface area contributed by atoms with Gasteiger partial charge < -0.3 is 15.7 Å². The smallest absolute Gasteiger partial charge is 0.326 e. The third-order valence-electron chi connectivity index (χ3n) is 2.89. The van der Waals surface area contributed by atoms with E-state index in [-0.39, 0.29) is 10.4 Å². The van der Waals surface area contributed by atoms with Gasteiger partial charge in [-0.3, -0.25) is 0 Å². The van der Waals surface area contributed by atoms with Gasteiger partial charge in [-0.05, 0) is 30.9 Å². The molecular weight excluding hydrogens is 338 g/mol. The molecule has 1 atom stereocenters. The number of hydrogen-bond donors (Lipinski definition) is 3. The van der Waals surface area contributed by atoms with Crippen LogP contribution in [0.5, 0.6) is 0 Å². The highest BCUT2D eigenvalue weighted by Crippen LogP contribution is 2.32. The van der Waals surface area contributed by atoms with Crippen LogP contribution in [-0.2, 0) is 4.79 Å². The fourth-order valence-electron chi connectivity index (χ4n) is 1.76. The van der Waals surface area contributed by atoms with E-state index in [2.05, 4.69) is 21.2 Å². The number of carbonyl (C=O) groups is 2. The maximum Gasteiger partial charge on any atom is 0.326 e. The van der Waals surface area contributed by atoms with Crippen LogP contribution in [0.1, 0.15) is 12.8 Å². The predicted molar refractivity (Wildman–Crippen MR) is 70.4 cm³/mol. The van der Waals surface area contributed by atoms with Gasteiger partial charge in [0.05, 0.1) is 0 Å². The normalized spacial score (nSPS) is 15.6. The summed E-state index contributed by atoms with van der Waals surface area (Å²) in [7, 11) is 0. The fourth-order valence-corrected chi connectivity index (χ4v) is 2.17. The summed E-state index contributed by atoms with van der Waals surface area (Å²) in [5, 5.41) is 13.1. The Labute approximate surface area is 121 Å². The minimum atomic E-state index is -1.17. The molecule has 8 heteroatoms. The van der Waals surface area contributed by atoms with E-state index in [9.17, 15) is 18.4 Å². The van der Waals surface area contributed by atoms with Crippen molar-refractivity contribution in [3.8, 4) is 0 Å². The molecule has 0 saturated heterocycles. The molecule has 1 aromatic carbocycles. The van der Waals surface area contributed by atoms with Gasteiger partial charge >= 0.3 is 12.0 Å². The third kappa shape index (κ3) is 3.44. The summed E-state index contributed by atoms with van der Waals surface area (Å²) < 4.78 is 27.2. The minimum Gasteiger partial charge on any atom is -0.480 e. The minimum absolute atomic E-state index is 0.127. The van der Waals surface area contributed by atoms with Crippen molar-refractivity contribution < 1.29 is 23.5 Å². The molecule has 20 heavy (non-hydrogen) atoms. The van der Waals surface area contributed by atoms with Gasteiger partial charge in [-0.15, -0.1) is 0 Å². The van der Waals surface area contributed by atoms with Crippen molar-refractivity contribution in [2.75, 3.05) is 5.32 Å². The Morgan fingerprint density at radius 2 is 1.85 bits per heavy atom. The average molecular weight is 349 g/mol. The second kappa shape index (κ2) is 5.74. The summed E-state index contributed by atoms with van der Waals surface area (Å²) in [6.07, 6.45) is 1.41. The Kier molecular flexibility index (Phi) is 4.22. The van der Waals surface area contributed by atoms with Crippen molar-refractivity contribution in [3.63, 3.8) is 0 Å². The van der Waals surface area contributed by atoms with Crippen LogP contribution in [0, 0.1) is 17.6 Å². The first kappa shape index (κ1) is 14.7. The summed E-state index contributed by atoms with van der Waals surface area (Å²) in [6.45, 7) is 0. The molecule has 1 aliphatic carbocycles. The van der Waals surface area contributed by atoms with Crippen LogP contribution in [0.4, 0.5) is 19.3 Å². The number of carbonyl (C=O) groups excluding carboxylic acids is 1. The monoisotopic (exact) mass is 348 g/mol. The van der Waals surface area contributed by atoms with Crippen LogP contribution in [-0.4, -0.2) is 23.1 Å². The first-order chi connectivity index (χ1) is 9.38. The fraction of sp³-hybridized carbons (Fsp3) is 0.333. The predicted octanol–water partition coefficient (Wildman–Crippen LogP) is 2.71. The number of carboxylic acid groups (broad SMARTS) is 1. The van der Waals surface area contributed by atoms with E-state index >= 15 is 0 Å². The summed E-state index contributed by atoms with van der Waals surface area (Å²) >= 11 is 2.91. The van der Waals surface area contributed by atoms with Gasteiger partial charge in [-0.1, -0.05) is 15.9 Å². The van der Waals surface area contributed by atoms with Crippen molar-refractivity contribution in [2.45, 2.75) is 18.9 Å². The van der Waals surface area contributed by atoms with E-state index in [0.717, 1.165) is 12.1 Å². The summed E-state index contributed by atoms with van der Waals surface area (Å²) in [6, 6.07) is -0.0105. The van der Waals surface area contributed by atoms with Crippen molar-refractivity contribution >= 4 is 33.6 Å². The molecule has 1 aliphatic rings. The van der Waals surface area contributed by atoms with Gasteiger partial charge in [-0.2, -0.15) is 0 Å². The SMILES string of the molecule is O=C(Nc1c(F)cc(Br)cc1F)NC(C(=O)O)C1CC1. The lowest BCUT2D eigenvalue weighted by molar-refractivity contribution is -0.139. The molecule has 3 N–H and O–H groups in total. The number of aliphatic carboxylic acids is 1. The van der Waals surface area contributed by atoms with Gasteiger partial charge in [0.2, 0.25) is 0 Å². The lowest BCUT2D eigenvalue weighted by Gasteiger charge is -2.15. The number of rotatable bonds is 4. The molecule has 0 aliphatic heterocycles. The topological polar surface area (TPSA) is 78.4 Å². The molecule has 108 valence electrons. The number of benzene rings is 1. The highest BCUT2D eigenvalue weighted by molar-refractivity contribution is 9.10. The number of carboxylic acids is 1. The molecule has 1 fully saturated rings. The van der Waals surface area contributed by atoms with Gasteiger partial charge in [0.1, 0.15) is 11.7 Å².